The lowest BCUT2D eigenvalue weighted by Crippen LogP contribution is -2.30. The standard InChI is InChI=1S/C26H25N3O4S2/c1-2-3-14-33-21-11-7-8-18(15-21)24-19(17-29(27-24)20-9-5-4-6-10-20)16-22-25(32)28(26(34)35-22)13-12-23(30)31/h4-11,15-17H,2-3,12-14H2,1H3,(H,30,31). The van der Waals surface area contributed by atoms with Gasteiger partial charge in [0.05, 0.1) is 23.6 Å². The number of thiocarbonyl (C=S) groups is 1. The zero-order valence-electron chi connectivity index (χ0n) is 19.2. The summed E-state index contributed by atoms with van der Waals surface area (Å²) < 4.78 is 8.01. The molecule has 35 heavy (non-hydrogen) atoms. The molecule has 1 aliphatic rings. The van der Waals surface area contributed by atoms with Crippen LogP contribution in [-0.4, -0.2) is 49.1 Å². The van der Waals surface area contributed by atoms with Crippen molar-refractivity contribution >= 4 is 46.3 Å². The number of benzene rings is 2. The highest BCUT2D eigenvalue weighted by molar-refractivity contribution is 8.26. The number of aromatic nitrogens is 2. The molecule has 180 valence electrons. The zero-order valence-corrected chi connectivity index (χ0v) is 20.8. The predicted molar refractivity (Wildman–Crippen MR) is 142 cm³/mol. The number of aliphatic carboxylic acids is 1. The van der Waals surface area contributed by atoms with E-state index in [1.807, 2.05) is 60.8 Å². The summed E-state index contributed by atoms with van der Waals surface area (Å²) in [6, 6.07) is 17.5. The minimum atomic E-state index is -0.976. The van der Waals surface area contributed by atoms with Crippen LogP contribution < -0.4 is 4.74 Å². The number of carboxylic acid groups (broad SMARTS) is 1. The second-order valence-electron chi connectivity index (χ2n) is 7.92. The van der Waals surface area contributed by atoms with Gasteiger partial charge in [-0.05, 0) is 36.8 Å². The molecule has 0 unspecified atom stereocenters. The van der Waals surface area contributed by atoms with Crippen molar-refractivity contribution in [3.8, 4) is 22.7 Å². The fourth-order valence-corrected chi connectivity index (χ4v) is 4.84. The molecule has 1 saturated heterocycles. The Kier molecular flexibility index (Phi) is 7.99. The molecule has 0 aliphatic carbocycles. The van der Waals surface area contributed by atoms with Crippen LogP contribution in [0.5, 0.6) is 5.75 Å². The molecule has 0 radical (unpaired) electrons. The molecule has 0 spiro atoms. The highest BCUT2D eigenvalue weighted by Crippen LogP contribution is 2.35. The van der Waals surface area contributed by atoms with E-state index in [-0.39, 0.29) is 18.9 Å². The van der Waals surface area contributed by atoms with Crippen molar-refractivity contribution in [3.05, 3.63) is 71.3 Å². The van der Waals surface area contributed by atoms with Gasteiger partial charge in [0.25, 0.3) is 5.91 Å². The summed E-state index contributed by atoms with van der Waals surface area (Å²) in [5, 5.41) is 13.8. The largest absolute Gasteiger partial charge is 0.494 e. The number of carbonyl (C=O) groups is 2. The van der Waals surface area contributed by atoms with E-state index in [1.165, 1.54) is 16.7 Å². The van der Waals surface area contributed by atoms with E-state index in [1.54, 1.807) is 10.8 Å². The number of para-hydroxylation sites is 1. The minimum absolute atomic E-state index is 0.0462. The quantitative estimate of drug-likeness (QED) is 0.224. The molecule has 2 heterocycles. The molecule has 9 heteroatoms. The summed E-state index contributed by atoms with van der Waals surface area (Å²) in [6.45, 7) is 2.81. The topological polar surface area (TPSA) is 84.7 Å². The normalized spacial score (nSPS) is 14.7. The molecule has 2 aromatic carbocycles. The third kappa shape index (κ3) is 5.98. The zero-order chi connectivity index (χ0) is 24.8. The van der Waals surface area contributed by atoms with Crippen LogP contribution in [0.3, 0.4) is 0 Å². The maximum absolute atomic E-state index is 13.0. The van der Waals surface area contributed by atoms with Crippen molar-refractivity contribution in [2.75, 3.05) is 13.2 Å². The van der Waals surface area contributed by atoms with E-state index in [9.17, 15) is 9.59 Å². The first kappa shape index (κ1) is 24.7. The summed E-state index contributed by atoms with van der Waals surface area (Å²) in [7, 11) is 0. The van der Waals surface area contributed by atoms with Crippen LogP contribution in [0.2, 0.25) is 0 Å². The van der Waals surface area contributed by atoms with Crippen molar-refractivity contribution in [3.63, 3.8) is 0 Å². The molecule has 0 bridgehead atoms. The maximum Gasteiger partial charge on any atom is 0.305 e. The van der Waals surface area contributed by atoms with Crippen LogP contribution in [0.25, 0.3) is 23.0 Å². The molecule has 4 rings (SSSR count). The number of thioether (sulfide) groups is 1. The average molecular weight is 508 g/mol. The van der Waals surface area contributed by atoms with Gasteiger partial charge in [-0.2, -0.15) is 5.10 Å². The highest BCUT2D eigenvalue weighted by atomic mass is 32.2. The van der Waals surface area contributed by atoms with E-state index in [2.05, 4.69) is 6.92 Å². The van der Waals surface area contributed by atoms with Gasteiger partial charge < -0.3 is 9.84 Å². The molecular weight excluding hydrogens is 482 g/mol. The second kappa shape index (κ2) is 11.3. The Hall–Kier alpha value is -3.43. The monoisotopic (exact) mass is 507 g/mol. The number of ether oxygens (including phenoxy) is 1. The van der Waals surface area contributed by atoms with Crippen LogP contribution in [-0.2, 0) is 9.59 Å². The average Bonchev–Trinajstić information content (AvgIpc) is 3.39. The van der Waals surface area contributed by atoms with Crippen molar-refractivity contribution < 1.29 is 19.4 Å². The molecule has 1 amide bonds. The molecule has 1 aliphatic heterocycles. The molecule has 1 N–H and O–H groups in total. The molecule has 0 saturated carbocycles. The van der Waals surface area contributed by atoms with E-state index in [4.69, 9.17) is 27.2 Å². The van der Waals surface area contributed by atoms with Gasteiger partial charge >= 0.3 is 5.97 Å². The lowest BCUT2D eigenvalue weighted by molar-refractivity contribution is -0.137. The van der Waals surface area contributed by atoms with E-state index >= 15 is 0 Å². The Morgan fingerprint density at radius 1 is 1.20 bits per heavy atom. The number of hydrogen-bond acceptors (Lipinski definition) is 6. The van der Waals surface area contributed by atoms with Gasteiger partial charge in [-0.3, -0.25) is 14.5 Å². The molecule has 0 atom stereocenters. The number of unbranched alkanes of at least 4 members (excludes halogenated alkanes) is 1. The number of amides is 1. The Balaban J connectivity index is 1.71. The SMILES string of the molecule is CCCCOc1cccc(-c2nn(-c3ccccc3)cc2C=C2SC(=S)N(CCC(=O)O)C2=O)c1. The van der Waals surface area contributed by atoms with Crippen LogP contribution in [0, 0.1) is 0 Å². The first-order chi connectivity index (χ1) is 17.0. The van der Waals surface area contributed by atoms with Gasteiger partial charge in [0.2, 0.25) is 0 Å². The summed E-state index contributed by atoms with van der Waals surface area (Å²) in [4.78, 5) is 25.7. The van der Waals surface area contributed by atoms with Gasteiger partial charge in [-0.15, -0.1) is 0 Å². The van der Waals surface area contributed by atoms with Crippen molar-refractivity contribution in [1.82, 2.24) is 14.7 Å². The smallest absolute Gasteiger partial charge is 0.305 e. The van der Waals surface area contributed by atoms with Crippen molar-refractivity contribution in [1.29, 1.82) is 0 Å². The first-order valence-electron chi connectivity index (χ1n) is 11.3. The van der Waals surface area contributed by atoms with Gasteiger partial charge in [-0.25, -0.2) is 4.68 Å². The molecule has 1 aromatic heterocycles. The van der Waals surface area contributed by atoms with Crippen LogP contribution in [0.1, 0.15) is 31.7 Å². The minimum Gasteiger partial charge on any atom is -0.494 e. The fraction of sp³-hybridized carbons (Fsp3) is 0.231. The third-order valence-corrected chi connectivity index (χ3v) is 6.72. The number of rotatable bonds is 10. The van der Waals surface area contributed by atoms with E-state index < -0.39 is 5.97 Å². The number of carboxylic acids is 1. The summed E-state index contributed by atoms with van der Waals surface area (Å²) in [6.07, 6.45) is 5.50. The summed E-state index contributed by atoms with van der Waals surface area (Å²) in [5.41, 5.74) is 3.20. The number of hydrogen-bond donors (Lipinski definition) is 1. The maximum atomic E-state index is 13.0. The second-order valence-corrected chi connectivity index (χ2v) is 9.60. The van der Waals surface area contributed by atoms with E-state index in [0.29, 0.717) is 21.5 Å². The van der Waals surface area contributed by atoms with Gasteiger partial charge in [0, 0.05) is 23.9 Å². The lowest BCUT2D eigenvalue weighted by atomic mass is 10.1. The molecule has 1 fully saturated rings. The Labute approximate surface area is 213 Å². The van der Waals surface area contributed by atoms with Crippen LogP contribution in [0.4, 0.5) is 0 Å². The number of carbonyl (C=O) groups excluding carboxylic acids is 1. The Morgan fingerprint density at radius 2 is 2.00 bits per heavy atom. The van der Waals surface area contributed by atoms with Crippen molar-refractivity contribution in [2.24, 2.45) is 0 Å². The highest BCUT2D eigenvalue weighted by Gasteiger charge is 2.32. The lowest BCUT2D eigenvalue weighted by Gasteiger charge is -2.12. The van der Waals surface area contributed by atoms with Crippen LogP contribution >= 0.6 is 24.0 Å². The van der Waals surface area contributed by atoms with Gasteiger partial charge in [0.15, 0.2) is 0 Å². The third-order valence-electron chi connectivity index (χ3n) is 5.35. The van der Waals surface area contributed by atoms with Crippen molar-refractivity contribution in [2.45, 2.75) is 26.2 Å². The first-order valence-corrected chi connectivity index (χ1v) is 12.5. The van der Waals surface area contributed by atoms with Crippen LogP contribution in [0.15, 0.2) is 65.7 Å². The Bertz CT molecular complexity index is 1270. The summed E-state index contributed by atoms with van der Waals surface area (Å²) in [5.74, 6) is -0.511. The molecule has 7 nitrogen and oxygen atoms in total. The molecular formula is C26H25N3O4S2. The van der Waals surface area contributed by atoms with Gasteiger partial charge in [0.1, 0.15) is 15.8 Å². The summed E-state index contributed by atoms with van der Waals surface area (Å²) >= 11 is 6.50. The fourth-order valence-electron chi connectivity index (χ4n) is 3.54. The number of nitrogens with zero attached hydrogens (tertiary/aromatic N) is 3. The predicted octanol–water partition coefficient (Wildman–Crippen LogP) is 5.39. The van der Waals surface area contributed by atoms with E-state index in [0.717, 1.165) is 35.4 Å². The molecule has 3 aromatic rings. The Morgan fingerprint density at radius 3 is 2.74 bits per heavy atom. The van der Waals surface area contributed by atoms with Gasteiger partial charge in [-0.1, -0.05) is 67.7 Å².